The smallest absolute Gasteiger partial charge is 0.251 e. The van der Waals surface area contributed by atoms with Gasteiger partial charge in [-0.1, -0.05) is 43.0 Å². The molecule has 1 aliphatic carbocycles. The predicted molar refractivity (Wildman–Crippen MR) is 137 cm³/mol. The second-order valence-corrected chi connectivity index (χ2v) is 9.63. The van der Waals surface area contributed by atoms with E-state index in [0.717, 1.165) is 54.6 Å². The van der Waals surface area contributed by atoms with E-state index < -0.39 is 0 Å². The summed E-state index contributed by atoms with van der Waals surface area (Å²) in [5.41, 5.74) is 4.32. The molecule has 0 bridgehead atoms. The highest BCUT2D eigenvalue weighted by Crippen LogP contribution is 2.49. The van der Waals surface area contributed by atoms with Crippen LogP contribution < -0.4 is 5.32 Å². The standard InChI is InChI=1S/C28H28N6O/c1-2-21(17-34-13-11-29-19-34)26-24-14-22(8-9-25(24)31-32-26)27(35)30-28-15-23(28)10-12-33(18-28)16-20-6-4-3-5-7-20/h2-9,11,13-14,17,19,23H,1,10,12,15-16,18H2,(H,30,35)(H,31,32)/b21-17+. The summed E-state index contributed by atoms with van der Waals surface area (Å²) in [5, 5.41) is 11.9. The third kappa shape index (κ3) is 4.19. The van der Waals surface area contributed by atoms with E-state index >= 15 is 0 Å². The van der Waals surface area contributed by atoms with Gasteiger partial charge in [0.1, 0.15) is 5.69 Å². The average Bonchev–Trinajstić information content (AvgIpc) is 3.18. The fourth-order valence-electron chi connectivity index (χ4n) is 5.33. The summed E-state index contributed by atoms with van der Waals surface area (Å²) in [4.78, 5) is 19.9. The van der Waals surface area contributed by atoms with Gasteiger partial charge in [0.25, 0.3) is 5.91 Å². The molecule has 2 unspecified atom stereocenters. The van der Waals surface area contributed by atoms with Crippen LogP contribution in [0.1, 0.15) is 34.5 Å². The van der Waals surface area contributed by atoms with Gasteiger partial charge in [0.2, 0.25) is 0 Å². The van der Waals surface area contributed by atoms with Gasteiger partial charge in [0, 0.05) is 48.2 Å². The Hall–Kier alpha value is -3.97. The van der Waals surface area contributed by atoms with Crippen molar-refractivity contribution in [2.75, 3.05) is 13.1 Å². The van der Waals surface area contributed by atoms with E-state index in [4.69, 9.17) is 0 Å². The number of carbonyl (C=O) groups excluding carboxylic acids is 1. The normalized spacial score (nSPS) is 22.1. The lowest BCUT2D eigenvalue weighted by Crippen LogP contribution is -2.50. The molecule has 176 valence electrons. The summed E-state index contributed by atoms with van der Waals surface area (Å²) >= 11 is 0. The van der Waals surface area contributed by atoms with Gasteiger partial charge >= 0.3 is 0 Å². The van der Waals surface area contributed by atoms with Crippen LogP contribution in [-0.4, -0.2) is 49.2 Å². The number of hydrogen-bond acceptors (Lipinski definition) is 4. The minimum absolute atomic E-state index is 0.0261. The molecule has 2 aliphatic rings. The molecule has 7 nitrogen and oxygen atoms in total. The molecule has 0 radical (unpaired) electrons. The zero-order valence-corrected chi connectivity index (χ0v) is 19.5. The van der Waals surface area contributed by atoms with E-state index in [-0.39, 0.29) is 11.4 Å². The summed E-state index contributed by atoms with van der Waals surface area (Å²) < 4.78 is 1.85. The summed E-state index contributed by atoms with van der Waals surface area (Å²) in [7, 11) is 0. The quantitative estimate of drug-likeness (QED) is 0.399. The van der Waals surface area contributed by atoms with Gasteiger partial charge in [-0.3, -0.25) is 14.8 Å². The summed E-state index contributed by atoms with van der Waals surface area (Å²) in [6, 6.07) is 16.3. The second kappa shape index (κ2) is 8.67. The van der Waals surface area contributed by atoms with Crippen molar-refractivity contribution in [1.29, 1.82) is 0 Å². The van der Waals surface area contributed by atoms with Crippen molar-refractivity contribution in [3.63, 3.8) is 0 Å². The van der Waals surface area contributed by atoms with Crippen molar-refractivity contribution in [2.45, 2.75) is 24.9 Å². The summed E-state index contributed by atoms with van der Waals surface area (Å²) in [5.74, 6) is 0.541. The number of aromatic nitrogens is 4. The SMILES string of the molecule is C=C/C(=C\n1ccnc1)c1n[nH]c2ccc(C(=O)NC34CC3CCN(Cc3ccccc3)C4)cc12. The lowest BCUT2D eigenvalue weighted by atomic mass is 10.0. The second-order valence-electron chi connectivity index (χ2n) is 9.63. The highest BCUT2D eigenvalue weighted by atomic mass is 16.1. The molecule has 1 amide bonds. The van der Waals surface area contributed by atoms with E-state index in [0.29, 0.717) is 11.5 Å². The molecule has 2 atom stereocenters. The molecule has 1 saturated carbocycles. The largest absolute Gasteiger partial charge is 0.345 e. The molecular formula is C28H28N6O. The van der Waals surface area contributed by atoms with E-state index in [9.17, 15) is 4.79 Å². The van der Waals surface area contributed by atoms with Crippen molar-refractivity contribution in [3.8, 4) is 0 Å². The molecule has 2 aromatic carbocycles. The van der Waals surface area contributed by atoms with Crippen molar-refractivity contribution in [3.05, 3.63) is 96.7 Å². The lowest BCUT2D eigenvalue weighted by Gasteiger charge is -2.33. The number of aromatic amines is 1. The van der Waals surface area contributed by atoms with Gasteiger partial charge in [-0.15, -0.1) is 0 Å². The Labute approximate surface area is 204 Å². The number of amides is 1. The fourth-order valence-corrected chi connectivity index (χ4v) is 5.33. The number of H-pyrrole nitrogens is 1. The zero-order valence-electron chi connectivity index (χ0n) is 19.5. The van der Waals surface area contributed by atoms with Gasteiger partial charge in [0.15, 0.2) is 0 Å². The first kappa shape index (κ1) is 21.6. The molecule has 0 spiro atoms. The first-order valence-corrected chi connectivity index (χ1v) is 12.0. The maximum absolute atomic E-state index is 13.4. The summed E-state index contributed by atoms with van der Waals surface area (Å²) in [6.07, 6.45) is 11.1. The van der Waals surface area contributed by atoms with Crippen molar-refractivity contribution >= 4 is 28.6 Å². The number of nitrogens with one attached hydrogen (secondary N) is 2. The molecule has 7 heteroatoms. The van der Waals surface area contributed by atoms with Gasteiger partial charge in [-0.05, 0) is 49.1 Å². The Morgan fingerprint density at radius 3 is 2.94 bits per heavy atom. The third-order valence-corrected chi connectivity index (χ3v) is 7.27. The number of likely N-dealkylation sites (tertiary alicyclic amines) is 1. The molecule has 2 fully saturated rings. The van der Waals surface area contributed by atoms with Crippen molar-refractivity contribution < 1.29 is 4.79 Å². The van der Waals surface area contributed by atoms with E-state index in [1.165, 1.54) is 5.56 Å². The Kier molecular flexibility index (Phi) is 5.34. The molecule has 2 N–H and O–H groups in total. The number of imidazole rings is 1. The zero-order chi connectivity index (χ0) is 23.8. The maximum Gasteiger partial charge on any atom is 0.251 e. The highest BCUT2D eigenvalue weighted by Gasteiger charge is 2.57. The van der Waals surface area contributed by atoms with Crippen LogP contribution in [0, 0.1) is 5.92 Å². The minimum Gasteiger partial charge on any atom is -0.345 e. The third-order valence-electron chi connectivity index (χ3n) is 7.27. The van der Waals surface area contributed by atoms with Crippen LogP contribution in [0.5, 0.6) is 0 Å². The van der Waals surface area contributed by atoms with Crippen LogP contribution >= 0.6 is 0 Å². The monoisotopic (exact) mass is 464 g/mol. The Bertz CT molecular complexity index is 1400. The number of carbonyl (C=O) groups is 1. The van der Waals surface area contributed by atoms with Crippen LogP contribution in [0.25, 0.3) is 22.7 Å². The van der Waals surface area contributed by atoms with Gasteiger partial charge in [-0.25, -0.2) is 4.98 Å². The van der Waals surface area contributed by atoms with Gasteiger partial charge in [0.05, 0.1) is 17.4 Å². The molecule has 3 heterocycles. The van der Waals surface area contributed by atoms with Crippen LogP contribution in [0.4, 0.5) is 0 Å². The Morgan fingerprint density at radius 2 is 2.14 bits per heavy atom. The molecule has 2 aromatic heterocycles. The van der Waals surface area contributed by atoms with Crippen molar-refractivity contribution in [1.82, 2.24) is 30.0 Å². The maximum atomic E-state index is 13.4. The molecule has 35 heavy (non-hydrogen) atoms. The topological polar surface area (TPSA) is 78.8 Å². The van der Waals surface area contributed by atoms with Gasteiger partial charge < -0.3 is 9.88 Å². The Balaban J connectivity index is 1.22. The lowest BCUT2D eigenvalue weighted by molar-refractivity contribution is 0.0887. The molecular weight excluding hydrogens is 436 g/mol. The molecule has 1 aliphatic heterocycles. The highest BCUT2D eigenvalue weighted by molar-refractivity contribution is 6.02. The number of piperidine rings is 1. The van der Waals surface area contributed by atoms with Gasteiger partial charge in [-0.2, -0.15) is 5.10 Å². The number of benzene rings is 2. The van der Waals surface area contributed by atoms with Crippen LogP contribution in [0.2, 0.25) is 0 Å². The van der Waals surface area contributed by atoms with Crippen LogP contribution in [0.3, 0.4) is 0 Å². The molecule has 4 aromatic rings. The number of nitrogens with zero attached hydrogens (tertiary/aromatic N) is 4. The fraction of sp³-hybridized carbons (Fsp3) is 0.250. The van der Waals surface area contributed by atoms with Crippen molar-refractivity contribution in [2.24, 2.45) is 5.92 Å². The Morgan fingerprint density at radius 1 is 1.26 bits per heavy atom. The number of hydrogen-bond donors (Lipinski definition) is 2. The average molecular weight is 465 g/mol. The van der Waals surface area contributed by atoms with E-state index in [2.05, 4.69) is 56.2 Å². The molecule has 1 saturated heterocycles. The minimum atomic E-state index is -0.119. The van der Waals surface area contributed by atoms with Crippen LogP contribution in [-0.2, 0) is 6.54 Å². The summed E-state index contributed by atoms with van der Waals surface area (Å²) in [6.45, 7) is 6.84. The number of allylic oxidation sites excluding steroid dienone is 2. The van der Waals surface area contributed by atoms with Crippen LogP contribution in [0.15, 0.2) is 79.9 Å². The molecule has 6 rings (SSSR count). The number of fused-ring (bicyclic) bond motifs is 2. The first-order chi connectivity index (χ1) is 17.1. The number of rotatable bonds is 7. The van der Waals surface area contributed by atoms with E-state index in [1.54, 1.807) is 18.6 Å². The van der Waals surface area contributed by atoms with E-state index in [1.807, 2.05) is 41.2 Å². The first-order valence-electron chi connectivity index (χ1n) is 12.0. The predicted octanol–water partition coefficient (Wildman–Crippen LogP) is 4.34.